The highest BCUT2D eigenvalue weighted by molar-refractivity contribution is 7.13. The van der Waals surface area contributed by atoms with Crippen LogP contribution in [0.1, 0.15) is 29.1 Å². The number of nitrogens with one attached hydrogen (secondary N) is 1. The molecule has 11 heteroatoms. The van der Waals surface area contributed by atoms with Crippen molar-refractivity contribution in [2.45, 2.75) is 25.6 Å². The predicted octanol–water partition coefficient (Wildman–Crippen LogP) is 3.13. The molecule has 35 heavy (non-hydrogen) atoms. The minimum atomic E-state index is -0.726. The molecule has 5 rings (SSSR count). The van der Waals surface area contributed by atoms with Gasteiger partial charge in [-0.05, 0) is 24.5 Å². The highest BCUT2D eigenvalue weighted by Crippen LogP contribution is 2.28. The van der Waals surface area contributed by atoms with Crippen LogP contribution in [0.15, 0.2) is 74.5 Å². The molecular formula is C24H21N5O5S. The van der Waals surface area contributed by atoms with Crippen molar-refractivity contribution in [3.8, 4) is 5.75 Å². The Hall–Kier alpha value is -4.25. The van der Waals surface area contributed by atoms with Crippen LogP contribution in [0, 0.1) is 0 Å². The van der Waals surface area contributed by atoms with Gasteiger partial charge in [0.25, 0.3) is 5.91 Å². The molecule has 1 amide bonds. The van der Waals surface area contributed by atoms with E-state index < -0.39 is 11.9 Å². The lowest BCUT2D eigenvalue weighted by molar-refractivity contribution is -0.123. The van der Waals surface area contributed by atoms with Crippen LogP contribution in [-0.4, -0.2) is 32.4 Å². The van der Waals surface area contributed by atoms with Crippen LogP contribution in [-0.2, 0) is 29.7 Å². The molecule has 2 aromatic carbocycles. The van der Waals surface area contributed by atoms with E-state index >= 15 is 0 Å². The summed E-state index contributed by atoms with van der Waals surface area (Å²) in [5, 5.41) is 9.23. The molecule has 0 spiro atoms. The third-order valence-electron chi connectivity index (χ3n) is 5.33. The van der Waals surface area contributed by atoms with Crippen molar-refractivity contribution >= 4 is 28.1 Å². The van der Waals surface area contributed by atoms with E-state index in [1.54, 1.807) is 12.4 Å². The van der Waals surface area contributed by atoms with Crippen molar-refractivity contribution in [3.05, 3.63) is 93.2 Å². The smallest absolute Gasteiger partial charge is 0.460 e. The first-order valence-corrected chi connectivity index (χ1v) is 11.7. The number of benzene rings is 2. The molecule has 0 saturated heterocycles. The van der Waals surface area contributed by atoms with E-state index in [1.807, 2.05) is 54.6 Å². The molecule has 3 heterocycles. The highest BCUT2D eigenvalue weighted by Gasteiger charge is 2.26. The maximum Gasteiger partial charge on any atom is 0.460 e. The van der Waals surface area contributed by atoms with E-state index in [-0.39, 0.29) is 18.3 Å². The lowest BCUT2D eigenvalue weighted by Crippen LogP contribution is -2.35. The van der Waals surface area contributed by atoms with E-state index in [4.69, 9.17) is 14.1 Å². The van der Waals surface area contributed by atoms with Gasteiger partial charge in [0.05, 0.1) is 5.69 Å². The van der Waals surface area contributed by atoms with Crippen LogP contribution in [0.5, 0.6) is 5.75 Å². The van der Waals surface area contributed by atoms with Crippen LogP contribution in [0.2, 0.25) is 0 Å². The Morgan fingerprint density at radius 3 is 2.80 bits per heavy atom. The Bertz CT molecular complexity index is 1430. The quantitative estimate of drug-likeness (QED) is 0.311. The molecule has 4 aromatic rings. The molecule has 1 N–H and O–H groups in total. The van der Waals surface area contributed by atoms with Gasteiger partial charge < -0.3 is 14.1 Å². The zero-order chi connectivity index (χ0) is 24.2. The van der Waals surface area contributed by atoms with Gasteiger partial charge in [0.15, 0.2) is 29.4 Å². The van der Waals surface area contributed by atoms with Crippen molar-refractivity contribution in [2.24, 2.45) is 12.2 Å². The molecule has 1 unspecified atom stereocenters. The predicted molar refractivity (Wildman–Crippen MR) is 129 cm³/mol. The molecular weight excluding hydrogens is 470 g/mol. The van der Waals surface area contributed by atoms with Gasteiger partial charge >= 0.3 is 5.76 Å². The normalized spacial score (nSPS) is 15.2. The number of carbonyl (C=O) groups is 1. The lowest BCUT2D eigenvalue weighted by Gasteiger charge is -2.24. The second-order valence-corrected chi connectivity index (χ2v) is 8.61. The fourth-order valence-electron chi connectivity index (χ4n) is 3.65. The number of ether oxygens (including phenoxy) is 1. The second-order valence-electron chi connectivity index (χ2n) is 7.76. The van der Waals surface area contributed by atoms with Crippen molar-refractivity contribution in [1.82, 2.24) is 14.7 Å². The van der Waals surface area contributed by atoms with Gasteiger partial charge in [0.1, 0.15) is 5.75 Å². The van der Waals surface area contributed by atoms with Crippen molar-refractivity contribution in [3.63, 3.8) is 0 Å². The van der Waals surface area contributed by atoms with Crippen LogP contribution in [0.25, 0.3) is 0 Å². The Morgan fingerprint density at radius 1 is 1.20 bits per heavy atom. The summed E-state index contributed by atoms with van der Waals surface area (Å²) in [6.07, 6.45) is 0.816. The number of nitrogens with zero attached hydrogens (tertiary/aromatic N) is 4. The summed E-state index contributed by atoms with van der Waals surface area (Å²) < 4.78 is 12.0. The number of oxime groups is 1. The van der Waals surface area contributed by atoms with Crippen LogP contribution < -0.4 is 15.8 Å². The van der Waals surface area contributed by atoms with E-state index in [9.17, 15) is 9.59 Å². The van der Waals surface area contributed by atoms with Crippen molar-refractivity contribution in [1.29, 1.82) is 0 Å². The second kappa shape index (κ2) is 9.94. The molecule has 1 atom stereocenters. The number of amides is 1. The number of thiazole rings is 1. The average molecular weight is 492 g/mol. The number of aryl methyl sites for hydroxylation is 2. The summed E-state index contributed by atoms with van der Waals surface area (Å²) in [6.45, 7) is 0.0573. The van der Waals surface area contributed by atoms with Gasteiger partial charge in [-0.2, -0.15) is 9.72 Å². The molecule has 0 fully saturated rings. The molecule has 0 aliphatic carbocycles. The van der Waals surface area contributed by atoms with Crippen LogP contribution in [0.4, 0.5) is 5.13 Å². The summed E-state index contributed by atoms with van der Waals surface area (Å²) in [7, 11) is 1.56. The maximum atomic E-state index is 12.7. The SMILES string of the molecule is Cn1oc(=O)nc1C(=NOCc1csc(NC(=O)C2CCc3ccccc3O2)n1)c1ccccc1. The number of hydrogen-bond acceptors (Lipinski definition) is 9. The van der Waals surface area contributed by atoms with Gasteiger partial charge in [-0.1, -0.05) is 53.7 Å². The number of rotatable bonds is 7. The van der Waals surface area contributed by atoms with Gasteiger partial charge in [0, 0.05) is 18.0 Å². The van der Waals surface area contributed by atoms with Gasteiger partial charge in [0.2, 0.25) is 0 Å². The van der Waals surface area contributed by atoms with Crippen LogP contribution >= 0.6 is 11.3 Å². The summed E-state index contributed by atoms with van der Waals surface area (Å²) in [6, 6.07) is 16.9. The zero-order valence-corrected chi connectivity index (χ0v) is 19.5. The highest BCUT2D eigenvalue weighted by atomic mass is 32.1. The summed E-state index contributed by atoms with van der Waals surface area (Å²) in [5.74, 6) is 0.0133. The molecule has 1 aliphatic heterocycles. The molecule has 2 aromatic heterocycles. The number of anilines is 1. The first-order valence-electron chi connectivity index (χ1n) is 10.9. The Labute approximate surface area is 203 Å². The summed E-state index contributed by atoms with van der Waals surface area (Å²) >= 11 is 1.28. The lowest BCUT2D eigenvalue weighted by atomic mass is 10.0. The first-order chi connectivity index (χ1) is 17.1. The minimum Gasteiger partial charge on any atom is -0.480 e. The zero-order valence-electron chi connectivity index (χ0n) is 18.7. The number of carbonyl (C=O) groups excluding carboxylic acids is 1. The Morgan fingerprint density at radius 2 is 2.00 bits per heavy atom. The van der Waals surface area contributed by atoms with Gasteiger partial charge in [-0.15, -0.1) is 11.3 Å². The maximum absolute atomic E-state index is 12.7. The standard InChI is InChI=1S/C24H21N5O5S/c1-29-21(26-24(31)34-29)20(16-8-3-2-4-9-16)28-32-13-17-14-35-23(25-17)27-22(30)19-12-11-15-7-5-6-10-18(15)33-19/h2-10,14,19H,11-13H2,1H3,(H,25,27,30). The Balaban J connectivity index is 1.23. The van der Waals surface area contributed by atoms with E-state index in [1.165, 1.54) is 16.1 Å². The van der Waals surface area contributed by atoms with Crippen molar-refractivity contribution in [2.75, 3.05) is 5.32 Å². The molecule has 10 nitrogen and oxygen atoms in total. The first kappa shape index (κ1) is 22.5. The Kier molecular flexibility index (Phi) is 6.40. The summed E-state index contributed by atoms with van der Waals surface area (Å²) in [4.78, 5) is 38.0. The largest absolute Gasteiger partial charge is 0.480 e. The molecule has 0 saturated carbocycles. The number of hydrogen-bond donors (Lipinski definition) is 1. The molecule has 0 bridgehead atoms. The van der Waals surface area contributed by atoms with Gasteiger partial charge in [-0.3, -0.25) is 10.1 Å². The number of para-hydroxylation sites is 1. The molecule has 178 valence electrons. The topological polar surface area (TPSA) is 121 Å². The molecule has 0 radical (unpaired) electrons. The van der Waals surface area contributed by atoms with E-state index in [2.05, 4.69) is 20.4 Å². The fourth-order valence-corrected chi connectivity index (χ4v) is 4.34. The molecule has 1 aliphatic rings. The van der Waals surface area contributed by atoms with E-state index in [0.29, 0.717) is 28.5 Å². The van der Waals surface area contributed by atoms with E-state index in [0.717, 1.165) is 17.7 Å². The van der Waals surface area contributed by atoms with Crippen molar-refractivity contribution < 1.29 is 18.9 Å². The average Bonchev–Trinajstić information content (AvgIpc) is 3.46. The fraction of sp³-hybridized carbons (Fsp3) is 0.208. The summed E-state index contributed by atoms with van der Waals surface area (Å²) in [5.41, 5.74) is 2.74. The van der Waals surface area contributed by atoms with Gasteiger partial charge in [-0.25, -0.2) is 9.78 Å². The number of aromatic nitrogens is 3. The van der Waals surface area contributed by atoms with Crippen LogP contribution in [0.3, 0.4) is 0 Å². The minimum absolute atomic E-state index is 0.0573. The number of fused-ring (bicyclic) bond motifs is 1. The third kappa shape index (κ3) is 5.14. The monoisotopic (exact) mass is 491 g/mol. The third-order valence-corrected chi connectivity index (χ3v) is 6.14.